The normalized spacial score (nSPS) is 10.0. The molecule has 0 fully saturated rings. The molecule has 7 N–H and O–H groups in total. The highest BCUT2D eigenvalue weighted by molar-refractivity contribution is 6.32. The Balaban J connectivity index is 0.000000272. The molecule has 0 aliphatic heterocycles. The fourth-order valence-corrected chi connectivity index (χ4v) is 6.18. The lowest BCUT2D eigenvalue weighted by molar-refractivity contribution is -0.123. The van der Waals surface area contributed by atoms with Gasteiger partial charge in [-0.25, -0.2) is 59.4 Å². The molecular weight excluding hydrogens is 1190 g/mol. The number of aromatic carboxylic acids is 1. The number of benzene rings is 4. The summed E-state index contributed by atoms with van der Waals surface area (Å²) in [6, 6.07) is 31.4. The molecule has 0 spiro atoms. The number of nitrogens with two attached hydrogens (primary N) is 2. The number of methoxy groups -OCH3 is 1. The van der Waals surface area contributed by atoms with Crippen molar-refractivity contribution in [3.05, 3.63) is 238 Å². The minimum Gasteiger partial charge on any atom is -0.477 e. The third kappa shape index (κ3) is 26.7. The number of hydrogen-bond acceptors (Lipinski definition) is 19. The summed E-state index contributed by atoms with van der Waals surface area (Å²) in [6.45, 7) is 12.9. The smallest absolute Gasteiger partial charge is 0.356 e. The predicted octanol–water partition coefficient (Wildman–Crippen LogP) is 11.8. The Kier molecular flexibility index (Phi) is 29.6. The van der Waals surface area contributed by atoms with Crippen molar-refractivity contribution in [2.45, 2.75) is 48.5 Å². The number of anilines is 4. The summed E-state index contributed by atoms with van der Waals surface area (Å²) >= 11 is 23.1. The Morgan fingerprint density at radius 2 is 0.849 bits per heavy atom. The number of nitrogen functional groups attached to an aromatic ring is 2. The van der Waals surface area contributed by atoms with Gasteiger partial charge in [0.25, 0.3) is 0 Å². The maximum Gasteiger partial charge on any atom is 0.356 e. The Bertz CT molecular complexity index is 3560. The van der Waals surface area contributed by atoms with Crippen molar-refractivity contribution in [3.63, 3.8) is 0 Å². The molecule has 0 aliphatic carbocycles. The zero-order chi connectivity index (χ0) is 63.8. The van der Waals surface area contributed by atoms with E-state index in [2.05, 4.69) is 65.2 Å². The average Bonchev–Trinajstić information content (AvgIpc) is 2.51. The first-order chi connectivity index (χ1) is 40.7. The molecule has 0 bridgehead atoms. The molecule has 2 amide bonds. The van der Waals surface area contributed by atoms with Gasteiger partial charge in [0.1, 0.15) is 43.0 Å². The SMILES string of the molecule is CC(C)(C)C(=O)Nc1ccc(Cl)cc1.CC(C)(C)C(=O)Nc1ccc(Cl)cc1C(=O)c1ccncn1.COC(=O)c1ccncn1.Cc1ccncn1.Nc1ccc(Cl)cc1.Nc1ccc(Cl)cc1C(=O)c1ccncn1.O=C(O)c1ccncn1. The number of carboxylic acid groups (broad SMARTS) is 1. The highest BCUT2D eigenvalue weighted by Crippen LogP contribution is 2.26. The zero-order valence-corrected chi connectivity index (χ0v) is 50.7. The molecule has 0 saturated carbocycles. The van der Waals surface area contributed by atoms with Crippen LogP contribution in [0.25, 0.3) is 0 Å². The van der Waals surface area contributed by atoms with Crippen LogP contribution in [0.1, 0.15) is 100 Å². The number of carbonyl (C=O) groups excluding carboxylic acids is 5. The lowest BCUT2D eigenvalue weighted by atomic mass is 9.95. The lowest BCUT2D eigenvalue weighted by Crippen LogP contribution is -2.28. The van der Waals surface area contributed by atoms with E-state index in [4.69, 9.17) is 63.0 Å². The Morgan fingerprint density at radius 1 is 0.465 bits per heavy atom. The topological polar surface area (TPSA) is 337 Å². The van der Waals surface area contributed by atoms with Crippen molar-refractivity contribution in [1.82, 2.24) is 49.8 Å². The van der Waals surface area contributed by atoms with E-state index in [0.29, 0.717) is 43.3 Å². The molecule has 0 aliphatic rings. The van der Waals surface area contributed by atoms with Crippen LogP contribution in [0.3, 0.4) is 0 Å². The van der Waals surface area contributed by atoms with Crippen LogP contribution in [0, 0.1) is 17.8 Å². The number of rotatable bonds is 8. The largest absolute Gasteiger partial charge is 0.477 e. The number of carboxylic acids is 1. The van der Waals surface area contributed by atoms with Crippen LogP contribution >= 0.6 is 46.4 Å². The number of aromatic nitrogens is 10. The second kappa shape index (κ2) is 36.1. The second-order valence-corrected chi connectivity index (χ2v) is 20.8. The number of ketones is 2. The molecule has 86 heavy (non-hydrogen) atoms. The summed E-state index contributed by atoms with van der Waals surface area (Å²) in [7, 11) is 1.31. The first kappa shape index (κ1) is 70.5. The third-order valence-electron chi connectivity index (χ3n) is 10.2. The van der Waals surface area contributed by atoms with Crippen molar-refractivity contribution < 1.29 is 38.6 Å². The van der Waals surface area contributed by atoms with Gasteiger partial charge in [-0.05, 0) is 122 Å². The van der Waals surface area contributed by atoms with Gasteiger partial charge in [0, 0.05) is 95.8 Å². The van der Waals surface area contributed by atoms with Gasteiger partial charge in [0.15, 0.2) is 11.4 Å². The monoisotopic (exact) mass is 1240 g/mol. The molecule has 22 nitrogen and oxygen atoms in total. The molecule has 9 aromatic rings. The summed E-state index contributed by atoms with van der Waals surface area (Å²) in [5.41, 5.74) is 14.9. The number of aryl methyl sites for hydroxylation is 1. The summed E-state index contributed by atoms with van der Waals surface area (Å²) < 4.78 is 4.41. The Hall–Kier alpha value is -9.74. The molecule has 446 valence electrons. The fraction of sp³-hybridized carbons (Fsp3) is 0.167. The summed E-state index contributed by atoms with van der Waals surface area (Å²) in [5, 5.41) is 16.1. The second-order valence-electron chi connectivity index (χ2n) is 19.1. The molecule has 4 aromatic carbocycles. The number of halogens is 4. The Morgan fingerprint density at radius 3 is 1.22 bits per heavy atom. The number of esters is 1. The van der Waals surface area contributed by atoms with E-state index in [1.54, 1.807) is 99.8 Å². The number of ether oxygens (including phenoxy) is 1. The van der Waals surface area contributed by atoms with Gasteiger partial charge < -0.3 is 31.9 Å². The molecule has 9 rings (SSSR count). The van der Waals surface area contributed by atoms with E-state index in [1.165, 1.54) is 99.9 Å². The molecule has 5 heterocycles. The van der Waals surface area contributed by atoms with Gasteiger partial charge in [-0.3, -0.25) is 19.2 Å². The van der Waals surface area contributed by atoms with Gasteiger partial charge in [-0.15, -0.1) is 0 Å². The number of nitrogens with zero attached hydrogens (tertiary/aromatic N) is 10. The van der Waals surface area contributed by atoms with Gasteiger partial charge in [0.05, 0.1) is 12.8 Å². The van der Waals surface area contributed by atoms with Crippen LogP contribution < -0.4 is 22.1 Å². The fourth-order valence-electron chi connectivity index (χ4n) is 5.58. The van der Waals surface area contributed by atoms with E-state index in [-0.39, 0.29) is 45.9 Å². The van der Waals surface area contributed by atoms with Gasteiger partial charge in [0.2, 0.25) is 23.4 Å². The van der Waals surface area contributed by atoms with E-state index in [1.807, 2.05) is 33.8 Å². The molecule has 26 heteroatoms. The number of nitrogens with one attached hydrogen (secondary N) is 2. The number of hydrogen-bond donors (Lipinski definition) is 5. The Labute approximate surface area is 516 Å². The number of carbonyl (C=O) groups is 6. The third-order valence-corrected chi connectivity index (χ3v) is 11.2. The van der Waals surface area contributed by atoms with Crippen LogP contribution in [0.2, 0.25) is 20.1 Å². The van der Waals surface area contributed by atoms with Crippen molar-refractivity contribution >= 4 is 104 Å². The van der Waals surface area contributed by atoms with E-state index >= 15 is 0 Å². The number of amides is 2. The molecular formula is C60H60Cl4N14O8. The van der Waals surface area contributed by atoms with Crippen LogP contribution in [-0.2, 0) is 14.3 Å². The van der Waals surface area contributed by atoms with Crippen molar-refractivity contribution in [2.75, 3.05) is 29.2 Å². The first-order valence-corrected chi connectivity index (χ1v) is 26.6. The minimum absolute atomic E-state index is 0.000164. The van der Waals surface area contributed by atoms with E-state index in [0.717, 1.165) is 22.1 Å². The van der Waals surface area contributed by atoms with Crippen LogP contribution in [-0.4, -0.2) is 97.4 Å². The van der Waals surface area contributed by atoms with Gasteiger partial charge >= 0.3 is 11.9 Å². The first-order valence-electron chi connectivity index (χ1n) is 25.1. The van der Waals surface area contributed by atoms with E-state index in [9.17, 15) is 28.8 Å². The molecule has 0 saturated heterocycles. The standard InChI is InChI=1S/C16H16ClN3O2.C11H8ClN3O.C11H14ClNO.C6H6ClN.C6H6N2O2.C5H4N2O2.C5H6N2/c1-16(2,3)15(22)20-12-5-4-10(17)8-11(12)14(21)13-6-7-18-9-19-13;12-7-1-2-9(13)8(5-7)11(16)10-3-4-14-6-15-10;1-11(2,3)10(14)13-9-6-4-8(12)5-7-9;7-5-1-3-6(8)4-2-5;1-10-6(9)5-2-3-7-4-8-5;8-5(9)4-1-2-6-3-7-4;1-5-2-3-6-4-7-5/h4-9H,1-3H3,(H,20,22);1-6H,13H2;4-7H,1-3H3,(H,13,14);1-4H,8H2;2-4H,1H3;1-3H,(H,8,9);2-4H,1H3. The highest BCUT2D eigenvalue weighted by atomic mass is 35.5. The molecule has 0 atom stereocenters. The van der Waals surface area contributed by atoms with Gasteiger partial charge in [-0.1, -0.05) is 87.9 Å². The lowest BCUT2D eigenvalue weighted by Gasteiger charge is -2.19. The maximum atomic E-state index is 12.6. The van der Waals surface area contributed by atoms with Gasteiger partial charge in [-0.2, -0.15) is 0 Å². The summed E-state index contributed by atoms with van der Waals surface area (Å²) in [5.74, 6) is -2.25. The molecule has 5 aromatic heterocycles. The minimum atomic E-state index is -1.03. The summed E-state index contributed by atoms with van der Waals surface area (Å²) in [4.78, 5) is 106. The maximum absolute atomic E-state index is 12.6. The van der Waals surface area contributed by atoms with Crippen LogP contribution in [0.15, 0.2) is 178 Å². The van der Waals surface area contributed by atoms with Crippen molar-refractivity contribution in [2.24, 2.45) is 10.8 Å². The molecule has 0 unspecified atom stereocenters. The predicted molar refractivity (Wildman–Crippen MR) is 331 cm³/mol. The van der Waals surface area contributed by atoms with Crippen LogP contribution in [0.5, 0.6) is 0 Å². The van der Waals surface area contributed by atoms with Crippen molar-refractivity contribution in [1.29, 1.82) is 0 Å². The van der Waals surface area contributed by atoms with Crippen molar-refractivity contribution in [3.8, 4) is 0 Å². The molecule has 0 radical (unpaired) electrons. The highest BCUT2D eigenvalue weighted by Gasteiger charge is 2.24. The van der Waals surface area contributed by atoms with Crippen LogP contribution in [0.4, 0.5) is 22.7 Å². The average molecular weight is 1250 g/mol. The summed E-state index contributed by atoms with van der Waals surface area (Å²) in [6.07, 6.45) is 14.2. The zero-order valence-electron chi connectivity index (χ0n) is 47.7. The van der Waals surface area contributed by atoms with E-state index < -0.39 is 17.4 Å². The quantitative estimate of drug-likeness (QED) is 0.0536.